The van der Waals surface area contributed by atoms with Crippen molar-refractivity contribution in [1.29, 1.82) is 0 Å². The second kappa shape index (κ2) is 8.10. The first-order chi connectivity index (χ1) is 13.6. The van der Waals surface area contributed by atoms with E-state index in [0.717, 1.165) is 18.5 Å². The van der Waals surface area contributed by atoms with Crippen molar-refractivity contribution in [2.45, 2.75) is 18.8 Å². The molecule has 3 aromatic rings. The van der Waals surface area contributed by atoms with Crippen LogP contribution in [-0.4, -0.2) is 33.9 Å². The lowest BCUT2D eigenvalue weighted by Gasteiger charge is -2.32. The van der Waals surface area contributed by atoms with Crippen LogP contribution < -0.4 is 5.32 Å². The Morgan fingerprint density at radius 2 is 2.11 bits per heavy atom. The molecular formula is C20H18BrFN4O2. The van der Waals surface area contributed by atoms with E-state index in [9.17, 15) is 9.18 Å². The molecule has 0 aliphatic carbocycles. The molecule has 1 amide bonds. The summed E-state index contributed by atoms with van der Waals surface area (Å²) >= 11 is 3.23. The zero-order valence-electron chi connectivity index (χ0n) is 14.9. The van der Waals surface area contributed by atoms with Crippen LogP contribution in [0.1, 0.15) is 35.0 Å². The van der Waals surface area contributed by atoms with Crippen LogP contribution in [-0.2, 0) is 0 Å². The maximum Gasteiger partial charge on any atom is 0.289 e. The molecule has 1 aromatic carbocycles. The summed E-state index contributed by atoms with van der Waals surface area (Å²) in [5.41, 5.74) is 1.15. The first-order valence-electron chi connectivity index (χ1n) is 8.99. The Balaban J connectivity index is 1.49. The molecule has 4 rings (SSSR count). The highest BCUT2D eigenvalue weighted by molar-refractivity contribution is 9.10. The standard InChI is InChI=1S/C20H18BrFN4O2/c21-18-8-7-17(28-18)19(27)26-11-3-4-13(12-26)15-9-10-23-20(24-15)25-16-6-2-1-5-14(16)22/h1-2,5-10,13H,3-4,11-12H2,(H,23,24,25)/t13-/m0/s1. The van der Waals surface area contributed by atoms with Gasteiger partial charge in [0, 0.05) is 25.2 Å². The molecule has 1 aliphatic heterocycles. The Morgan fingerprint density at radius 3 is 2.89 bits per heavy atom. The number of nitrogens with zero attached hydrogens (tertiary/aromatic N) is 3. The van der Waals surface area contributed by atoms with Crippen molar-refractivity contribution in [2.24, 2.45) is 0 Å². The monoisotopic (exact) mass is 444 g/mol. The van der Waals surface area contributed by atoms with Crippen molar-refractivity contribution in [2.75, 3.05) is 18.4 Å². The van der Waals surface area contributed by atoms with Crippen LogP contribution in [0.4, 0.5) is 16.0 Å². The van der Waals surface area contributed by atoms with E-state index in [1.165, 1.54) is 6.07 Å². The van der Waals surface area contributed by atoms with Crippen LogP contribution in [0.3, 0.4) is 0 Å². The van der Waals surface area contributed by atoms with Gasteiger partial charge < -0.3 is 14.6 Å². The van der Waals surface area contributed by atoms with E-state index in [1.807, 2.05) is 6.07 Å². The summed E-state index contributed by atoms with van der Waals surface area (Å²) < 4.78 is 19.8. The Labute approximate surface area is 169 Å². The van der Waals surface area contributed by atoms with Crippen molar-refractivity contribution >= 4 is 33.5 Å². The summed E-state index contributed by atoms with van der Waals surface area (Å²) in [5.74, 6) is 0.239. The van der Waals surface area contributed by atoms with Crippen molar-refractivity contribution in [3.05, 3.63) is 70.6 Å². The van der Waals surface area contributed by atoms with Gasteiger partial charge in [-0.1, -0.05) is 12.1 Å². The summed E-state index contributed by atoms with van der Waals surface area (Å²) in [6.45, 7) is 1.23. The van der Waals surface area contributed by atoms with Gasteiger partial charge in [-0.2, -0.15) is 0 Å². The minimum atomic E-state index is -0.365. The van der Waals surface area contributed by atoms with Gasteiger partial charge in [0.2, 0.25) is 5.95 Å². The van der Waals surface area contributed by atoms with E-state index in [4.69, 9.17) is 4.42 Å². The zero-order chi connectivity index (χ0) is 19.5. The number of aromatic nitrogens is 2. The molecule has 1 atom stereocenters. The predicted molar refractivity (Wildman–Crippen MR) is 106 cm³/mol. The predicted octanol–water partition coefficient (Wildman–Crippen LogP) is 4.73. The fourth-order valence-electron chi connectivity index (χ4n) is 3.33. The Bertz CT molecular complexity index is 994. The molecule has 2 aromatic heterocycles. The second-order valence-corrected chi connectivity index (χ2v) is 7.39. The Kier molecular flexibility index (Phi) is 5.38. The maximum absolute atomic E-state index is 13.9. The zero-order valence-corrected chi connectivity index (χ0v) is 16.5. The average Bonchev–Trinajstić information content (AvgIpc) is 3.16. The number of benzene rings is 1. The highest BCUT2D eigenvalue weighted by atomic mass is 79.9. The minimum absolute atomic E-state index is 0.0836. The second-order valence-electron chi connectivity index (χ2n) is 6.60. The van der Waals surface area contributed by atoms with Crippen LogP contribution in [0.15, 0.2) is 57.7 Å². The molecule has 3 heterocycles. The first kappa shape index (κ1) is 18.6. The molecule has 0 saturated carbocycles. The molecule has 144 valence electrons. The van der Waals surface area contributed by atoms with Crippen molar-refractivity contribution < 1.29 is 13.6 Å². The number of hydrogen-bond donors (Lipinski definition) is 1. The number of amides is 1. The lowest BCUT2D eigenvalue weighted by molar-refractivity contribution is 0.0672. The molecule has 0 unspecified atom stereocenters. The number of piperidine rings is 1. The van der Waals surface area contributed by atoms with Crippen LogP contribution in [0.25, 0.3) is 0 Å². The molecule has 8 heteroatoms. The third kappa shape index (κ3) is 4.06. The topological polar surface area (TPSA) is 71.3 Å². The third-order valence-electron chi connectivity index (χ3n) is 4.71. The number of furan rings is 1. The van der Waals surface area contributed by atoms with Crippen LogP contribution in [0, 0.1) is 5.82 Å². The largest absolute Gasteiger partial charge is 0.444 e. The number of halogens is 2. The van der Waals surface area contributed by atoms with E-state index in [-0.39, 0.29) is 17.6 Å². The Hall–Kier alpha value is -2.74. The lowest BCUT2D eigenvalue weighted by atomic mass is 9.94. The molecule has 1 aliphatic rings. The molecule has 0 spiro atoms. The van der Waals surface area contributed by atoms with Gasteiger partial charge in [0.1, 0.15) is 5.82 Å². The summed E-state index contributed by atoms with van der Waals surface area (Å²) in [4.78, 5) is 23.2. The van der Waals surface area contributed by atoms with Gasteiger partial charge in [-0.3, -0.25) is 4.79 Å². The van der Waals surface area contributed by atoms with E-state index >= 15 is 0 Å². The first-order valence-corrected chi connectivity index (χ1v) is 9.78. The molecule has 6 nitrogen and oxygen atoms in total. The van der Waals surface area contributed by atoms with Crippen molar-refractivity contribution in [3.63, 3.8) is 0 Å². The maximum atomic E-state index is 13.9. The van der Waals surface area contributed by atoms with E-state index in [0.29, 0.717) is 35.2 Å². The normalized spacial score (nSPS) is 16.8. The molecule has 28 heavy (non-hydrogen) atoms. The highest BCUT2D eigenvalue weighted by Crippen LogP contribution is 2.28. The molecule has 0 radical (unpaired) electrons. The number of carbonyl (C=O) groups excluding carboxylic acids is 1. The highest BCUT2D eigenvalue weighted by Gasteiger charge is 2.28. The summed E-state index contributed by atoms with van der Waals surface area (Å²) in [6, 6.07) is 11.6. The average molecular weight is 445 g/mol. The molecule has 1 N–H and O–H groups in total. The SMILES string of the molecule is O=C(c1ccc(Br)o1)N1CCC[C@H](c2ccnc(Nc3ccccc3F)n2)C1. The number of carbonyl (C=O) groups is 1. The lowest BCUT2D eigenvalue weighted by Crippen LogP contribution is -2.39. The van der Waals surface area contributed by atoms with Crippen LogP contribution in [0.5, 0.6) is 0 Å². The van der Waals surface area contributed by atoms with E-state index in [2.05, 4.69) is 31.2 Å². The number of likely N-dealkylation sites (tertiary alicyclic amines) is 1. The summed E-state index contributed by atoms with van der Waals surface area (Å²) in [7, 11) is 0. The summed E-state index contributed by atoms with van der Waals surface area (Å²) in [6.07, 6.45) is 3.44. The smallest absolute Gasteiger partial charge is 0.289 e. The van der Waals surface area contributed by atoms with Crippen molar-refractivity contribution in [3.8, 4) is 0 Å². The Morgan fingerprint density at radius 1 is 1.25 bits per heavy atom. The van der Waals surface area contributed by atoms with Gasteiger partial charge in [-0.15, -0.1) is 0 Å². The van der Waals surface area contributed by atoms with Gasteiger partial charge in [0.25, 0.3) is 5.91 Å². The van der Waals surface area contributed by atoms with Gasteiger partial charge in [0.05, 0.1) is 11.4 Å². The number of hydrogen-bond acceptors (Lipinski definition) is 5. The molecule has 0 bridgehead atoms. The fourth-order valence-corrected chi connectivity index (χ4v) is 3.64. The molecule has 1 saturated heterocycles. The van der Waals surface area contributed by atoms with Gasteiger partial charge in [-0.05, 0) is 59.1 Å². The van der Waals surface area contributed by atoms with Crippen LogP contribution >= 0.6 is 15.9 Å². The third-order valence-corrected chi connectivity index (χ3v) is 5.13. The molecular weight excluding hydrogens is 427 g/mol. The quantitative estimate of drug-likeness (QED) is 0.629. The number of para-hydroxylation sites is 1. The van der Waals surface area contributed by atoms with Crippen molar-refractivity contribution in [1.82, 2.24) is 14.9 Å². The fraction of sp³-hybridized carbons (Fsp3) is 0.250. The number of anilines is 2. The van der Waals surface area contributed by atoms with E-state index < -0.39 is 0 Å². The van der Waals surface area contributed by atoms with Gasteiger partial charge in [0.15, 0.2) is 10.4 Å². The minimum Gasteiger partial charge on any atom is -0.444 e. The summed E-state index contributed by atoms with van der Waals surface area (Å²) in [5, 5.41) is 2.92. The molecule has 1 fully saturated rings. The number of nitrogens with one attached hydrogen (secondary N) is 1. The van der Waals surface area contributed by atoms with Crippen LogP contribution in [0.2, 0.25) is 0 Å². The van der Waals surface area contributed by atoms with Gasteiger partial charge in [-0.25, -0.2) is 14.4 Å². The number of rotatable bonds is 4. The van der Waals surface area contributed by atoms with Gasteiger partial charge >= 0.3 is 0 Å². The van der Waals surface area contributed by atoms with E-state index in [1.54, 1.807) is 41.4 Å².